The summed E-state index contributed by atoms with van der Waals surface area (Å²) in [5.41, 5.74) is 2.48. The first-order valence-electron chi connectivity index (χ1n) is 9.77. The third kappa shape index (κ3) is 2.41. The highest BCUT2D eigenvalue weighted by atomic mass is 79.9. The van der Waals surface area contributed by atoms with Gasteiger partial charge in [-0.25, -0.2) is 0 Å². The molecule has 2 saturated carbocycles. The van der Waals surface area contributed by atoms with Gasteiger partial charge >= 0.3 is 0 Å². The normalized spacial score (nSPS) is 29.6. The van der Waals surface area contributed by atoms with Crippen molar-refractivity contribution < 1.29 is 9.63 Å². The molecule has 1 amide bonds. The Hall–Kier alpha value is -2.74. The molecule has 0 unspecified atom stereocenters. The summed E-state index contributed by atoms with van der Waals surface area (Å²) in [5, 5.41) is 15.4. The van der Waals surface area contributed by atoms with Crippen LogP contribution in [0.25, 0.3) is 10.9 Å². The number of H-pyrrole nitrogens is 1. The Morgan fingerprint density at radius 1 is 1.24 bits per heavy atom. The number of hydrogen-bond acceptors (Lipinski definition) is 5. The second kappa shape index (κ2) is 6.13. The van der Waals surface area contributed by atoms with Gasteiger partial charge in [0.05, 0.1) is 23.3 Å². The van der Waals surface area contributed by atoms with Gasteiger partial charge in [0.1, 0.15) is 0 Å². The molecule has 6 rings (SSSR count). The van der Waals surface area contributed by atoms with Crippen molar-refractivity contribution in [2.45, 2.75) is 24.9 Å². The molecule has 146 valence electrons. The summed E-state index contributed by atoms with van der Waals surface area (Å²) in [5.74, 6) is 0.424. The van der Waals surface area contributed by atoms with Crippen molar-refractivity contribution >= 4 is 44.1 Å². The van der Waals surface area contributed by atoms with Crippen molar-refractivity contribution in [1.29, 1.82) is 0 Å². The molecule has 2 bridgehead atoms. The number of halogens is 1. The minimum Gasteiger partial charge on any atom is -0.378 e. The van der Waals surface area contributed by atoms with E-state index in [-0.39, 0.29) is 17.7 Å². The fraction of sp³-hybridized carbons (Fsp3) is 0.333. The first kappa shape index (κ1) is 17.1. The van der Waals surface area contributed by atoms with Gasteiger partial charge in [-0.2, -0.15) is 5.10 Å². The molecular weight excluding hydrogens is 434 g/mol. The average Bonchev–Trinajstić information content (AvgIpc) is 3.48. The summed E-state index contributed by atoms with van der Waals surface area (Å²) in [7, 11) is 0. The first-order valence-corrected chi connectivity index (χ1v) is 10.6. The zero-order valence-electron chi connectivity index (χ0n) is 15.4. The van der Waals surface area contributed by atoms with Crippen molar-refractivity contribution in [1.82, 2.24) is 15.2 Å². The Morgan fingerprint density at radius 2 is 2.17 bits per heavy atom. The molecule has 0 saturated heterocycles. The van der Waals surface area contributed by atoms with Gasteiger partial charge in [0.15, 0.2) is 0 Å². The maximum atomic E-state index is 13.6. The maximum Gasteiger partial charge on any atom is 0.272 e. The van der Waals surface area contributed by atoms with E-state index in [1.807, 2.05) is 24.3 Å². The number of anilines is 1. The largest absolute Gasteiger partial charge is 0.378 e. The number of carbonyl (C=O) groups excluding carboxylic acids is 1. The van der Waals surface area contributed by atoms with E-state index in [9.17, 15) is 4.79 Å². The molecule has 7 nitrogen and oxygen atoms in total. The number of oxime groups is 1. The quantitative estimate of drug-likeness (QED) is 0.631. The van der Waals surface area contributed by atoms with Crippen molar-refractivity contribution in [3.05, 3.63) is 52.9 Å². The fourth-order valence-corrected chi connectivity index (χ4v) is 5.82. The van der Waals surface area contributed by atoms with Gasteiger partial charge in [-0.15, -0.1) is 0 Å². The van der Waals surface area contributed by atoms with E-state index in [0.29, 0.717) is 5.92 Å². The van der Waals surface area contributed by atoms with Gasteiger partial charge in [0.25, 0.3) is 5.91 Å². The molecule has 0 spiro atoms. The van der Waals surface area contributed by atoms with Gasteiger partial charge in [-0.3, -0.25) is 14.9 Å². The number of aromatic nitrogens is 3. The lowest BCUT2D eigenvalue weighted by Gasteiger charge is -2.35. The van der Waals surface area contributed by atoms with Crippen LogP contribution in [0.1, 0.15) is 24.8 Å². The number of fused-ring (bicyclic) bond motifs is 6. The first-order chi connectivity index (χ1) is 14.1. The van der Waals surface area contributed by atoms with Crippen LogP contribution >= 0.6 is 15.9 Å². The van der Waals surface area contributed by atoms with Crippen LogP contribution in [0.5, 0.6) is 0 Å². The molecule has 0 radical (unpaired) electrons. The van der Waals surface area contributed by atoms with Gasteiger partial charge < -0.3 is 10.2 Å². The summed E-state index contributed by atoms with van der Waals surface area (Å²) in [6, 6.07) is 7.71. The zero-order chi connectivity index (χ0) is 19.6. The minimum atomic E-state index is -0.939. The third-order valence-electron chi connectivity index (χ3n) is 6.66. The van der Waals surface area contributed by atoms with Gasteiger partial charge in [0.2, 0.25) is 5.60 Å². The SMILES string of the molecule is O=C(Nc1ccc2[nH]ncc2c1)[C@]12ON=C(c3cncc(Br)c3)[C@H]1[C@@H]1CC[C@H]2C1. The lowest BCUT2D eigenvalue weighted by molar-refractivity contribution is -0.149. The van der Waals surface area contributed by atoms with E-state index in [4.69, 9.17) is 4.84 Å². The van der Waals surface area contributed by atoms with Crippen LogP contribution in [-0.2, 0) is 9.63 Å². The van der Waals surface area contributed by atoms with Crippen molar-refractivity contribution in [2.24, 2.45) is 22.9 Å². The van der Waals surface area contributed by atoms with Gasteiger partial charge in [-0.1, -0.05) is 5.16 Å². The van der Waals surface area contributed by atoms with Crippen LogP contribution in [0.15, 0.2) is 52.5 Å². The van der Waals surface area contributed by atoms with Crippen molar-refractivity contribution in [3.63, 3.8) is 0 Å². The lowest BCUT2D eigenvalue weighted by Crippen LogP contribution is -2.53. The second-order valence-corrected chi connectivity index (χ2v) is 9.04. The lowest BCUT2D eigenvalue weighted by atomic mass is 9.72. The molecule has 4 atom stereocenters. The molecule has 3 aliphatic rings. The smallest absolute Gasteiger partial charge is 0.272 e. The Bertz CT molecular complexity index is 1170. The molecular formula is C21H18BrN5O2. The predicted octanol–water partition coefficient (Wildman–Crippen LogP) is 3.88. The average molecular weight is 452 g/mol. The minimum absolute atomic E-state index is 0.0463. The molecule has 3 heterocycles. The molecule has 2 N–H and O–H groups in total. The topological polar surface area (TPSA) is 92.3 Å². The highest BCUT2D eigenvalue weighted by Gasteiger charge is 2.69. The van der Waals surface area contributed by atoms with Crippen LogP contribution in [0.2, 0.25) is 0 Å². The summed E-state index contributed by atoms with van der Waals surface area (Å²) < 4.78 is 0.885. The number of aromatic amines is 1. The Kier molecular flexibility index (Phi) is 3.62. The number of nitrogens with zero attached hydrogens (tertiary/aromatic N) is 3. The molecule has 29 heavy (non-hydrogen) atoms. The zero-order valence-corrected chi connectivity index (χ0v) is 17.0. The number of amides is 1. The third-order valence-corrected chi connectivity index (χ3v) is 7.09. The Balaban J connectivity index is 1.35. The molecule has 8 heteroatoms. The van der Waals surface area contributed by atoms with E-state index in [2.05, 4.69) is 41.6 Å². The van der Waals surface area contributed by atoms with Crippen LogP contribution in [0.4, 0.5) is 5.69 Å². The number of nitrogens with one attached hydrogen (secondary N) is 2. The molecule has 2 aromatic heterocycles. The fourth-order valence-electron chi connectivity index (χ4n) is 5.45. The van der Waals surface area contributed by atoms with Crippen LogP contribution < -0.4 is 5.32 Å². The molecule has 2 aliphatic carbocycles. The van der Waals surface area contributed by atoms with Crippen LogP contribution in [-0.4, -0.2) is 32.4 Å². The molecule has 1 aromatic carbocycles. The number of pyridine rings is 1. The van der Waals surface area contributed by atoms with Crippen LogP contribution in [0.3, 0.4) is 0 Å². The summed E-state index contributed by atoms with van der Waals surface area (Å²) in [6.07, 6.45) is 8.38. The highest BCUT2D eigenvalue weighted by molar-refractivity contribution is 9.10. The summed E-state index contributed by atoms with van der Waals surface area (Å²) in [6.45, 7) is 0. The van der Waals surface area contributed by atoms with E-state index in [1.165, 1.54) is 0 Å². The van der Waals surface area contributed by atoms with Gasteiger partial charge in [0, 0.05) is 39.4 Å². The monoisotopic (exact) mass is 451 g/mol. The van der Waals surface area contributed by atoms with E-state index < -0.39 is 5.60 Å². The molecule has 1 aliphatic heterocycles. The molecule has 3 aromatic rings. The van der Waals surface area contributed by atoms with Crippen molar-refractivity contribution in [3.8, 4) is 0 Å². The Labute approximate surface area is 175 Å². The van der Waals surface area contributed by atoms with Crippen molar-refractivity contribution in [2.75, 3.05) is 5.32 Å². The van der Waals surface area contributed by atoms with E-state index >= 15 is 0 Å². The maximum absolute atomic E-state index is 13.6. The van der Waals surface area contributed by atoms with E-state index in [0.717, 1.165) is 51.6 Å². The summed E-state index contributed by atoms with van der Waals surface area (Å²) in [4.78, 5) is 23.9. The summed E-state index contributed by atoms with van der Waals surface area (Å²) >= 11 is 3.48. The van der Waals surface area contributed by atoms with Crippen LogP contribution in [0, 0.1) is 17.8 Å². The Morgan fingerprint density at radius 3 is 3.07 bits per heavy atom. The standard InChI is InChI=1S/C21H18BrN5O2/c22-15-6-13(8-23-10-15)19-18-11-1-2-14(5-11)21(18,29-27-19)20(28)25-16-3-4-17-12(7-16)9-24-26-17/h3-4,6-11,14,18H,1-2,5H2,(H,24,26)(H,25,28)/t11-,14+,18-,21-/m1/s1. The number of carbonyl (C=O) groups is 1. The predicted molar refractivity (Wildman–Crippen MR) is 111 cm³/mol. The van der Waals surface area contributed by atoms with Gasteiger partial charge in [-0.05, 0) is 65.4 Å². The highest BCUT2D eigenvalue weighted by Crippen LogP contribution is 2.60. The number of benzene rings is 1. The number of hydrogen-bond donors (Lipinski definition) is 2. The molecule has 2 fully saturated rings. The second-order valence-electron chi connectivity index (χ2n) is 8.13. The van der Waals surface area contributed by atoms with E-state index in [1.54, 1.807) is 18.6 Å². The number of rotatable bonds is 3.